The van der Waals surface area contributed by atoms with Crippen LogP contribution in [0.4, 0.5) is 17.1 Å². The lowest BCUT2D eigenvalue weighted by Gasteiger charge is -2.61. The molecule has 0 N–H and O–H groups in total. The second-order valence-corrected chi connectivity index (χ2v) is 23.9. The summed E-state index contributed by atoms with van der Waals surface area (Å²) in [5.41, 5.74) is 22.0. The maximum Gasteiger partial charge on any atom is 0.0468 e. The van der Waals surface area contributed by atoms with Crippen molar-refractivity contribution in [2.24, 2.45) is 23.7 Å². The fourth-order valence-electron chi connectivity index (χ4n) is 14.9. The molecule has 6 aromatic carbocycles. The molecular formula is C62H67N. The second-order valence-electron chi connectivity index (χ2n) is 23.9. The Morgan fingerprint density at radius 2 is 0.746 bits per heavy atom. The topological polar surface area (TPSA) is 3.24 Å². The minimum atomic E-state index is 0.170. The smallest absolute Gasteiger partial charge is 0.0468 e. The zero-order valence-electron chi connectivity index (χ0n) is 39.2. The maximum atomic E-state index is 2.58. The van der Waals surface area contributed by atoms with E-state index in [1.807, 2.05) is 0 Å². The van der Waals surface area contributed by atoms with Gasteiger partial charge in [0.15, 0.2) is 0 Å². The van der Waals surface area contributed by atoms with Crippen molar-refractivity contribution in [1.29, 1.82) is 0 Å². The summed E-state index contributed by atoms with van der Waals surface area (Å²) in [7, 11) is 0. The zero-order chi connectivity index (χ0) is 43.3. The van der Waals surface area contributed by atoms with Crippen molar-refractivity contribution in [2.75, 3.05) is 4.90 Å². The molecule has 320 valence electrons. The molecule has 13 rings (SSSR count). The highest BCUT2D eigenvalue weighted by Gasteiger charge is 2.61. The minimum absolute atomic E-state index is 0.170. The minimum Gasteiger partial charge on any atom is -0.310 e. The van der Waals surface area contributed by atoms with Crippen molar-refractivity contribution < 1.29 is 0 Å². The van der Waals surface area contributed by atoms with E-state index in [4.69, 9.17) is 0 Å². The van der Waals surface area contributed by atoms with Crippen LogP contribution in [0.3, 0.4) is 0 Å². The highest BCUT2D eigenvalue weighted by Crippen LogP contribution is 2.69. The summed E-state index contributed by atoms with van der Waals surface area (Å²) >= 11 is 0. The van der Waals surface area contributed by atoms with Crippen LogP contribution < -0.4 is 4.90 Å². The molecule has 0 amide bonds. The number of benzene rings is 6. The van der Waals surface area contributed by atoms with E-state index in [0.29, 0.717) is 0 Å². The number of nitrogens with zero attached hydrogens (tertiary/aromatic N) is 1. The average Bonchev–Trinajstić information content (AvgIpc) is 3.56. The SMILES string of the molecule is CC1(C)CCC(C)(C)c2cc(-c3ccc(N(c4ccc(-c5ccc6c(c5)C(C)(C)CCC6(C)C)cc4)c4ccc5c(c4)-c4ccccc4C54C5CC6CC(C5)CC4C6)cc3)ccc21. The molecule has 7 aliphatic rings. The molecular weight excluding hydrogens is 759 g/mol. The number of hydrogen-bond acceptors (Lipinski definition) is 1. The fraction of sp³-hybridized carbons (Fsp3) is 0.419. The molecule has 1 heteroatoms. The van der Waals surface area contributed by atoms with Crippen molar-refractivity contribution in [3.63, 3.8) is 0 Å². The van der Waals surface area contributed by atoms with E-state index in [9.17, 15) is 0 Å². The van der Waals surface area contributed by atoms with E-state index in [1.165, 1.54) is 130 Å². The first-order chi connectivity index (χ1) is 30.1. The Labute approximate surface area is 378 Å². The number of rotatable bonds is 5. The van der Waals surface area contributed by atoms with E-state index < -0.39 is 0 Å². The Morgan fingerprint density at radius 1 is 0.349 bits per heavy atom. The van der Waals surface area contributed by atoms with Gasteiger partial charge >= 0.3 is 0 Å². The summed E-state index contributed by atoms with van der Waals surface area (Å²) in [6.45, 7) is 19.4. The molecule has 0 aromatic heterocycles. The molecule has 0 aliphatic heterocycles. The standard InChI is InChI=1S/C62H67N/c1-58(2)27-29-60(5,6)56-36-43(17-24-54(56)58)41-13-19-47(20-14-41)63(48-21-15-42(16-22-48)44-18-25-55-57(37-44)61(7,8)30-28-59(55,3)4)49-23-26-53-51(38-49)50-11-9-10-12-52(50)62(53)45-32-39-31-40(34-45)35-46(62)33-39/h9-26,36-40,45-46H,27-35H2,1-8H3. The highest BCUT2D eigenvalue weighted by molar-refractivity contribution is 5.88. The molecule has 4 fully saturated rings. The van der Waals surface area contributed by atoms with Crippen LogP contribution in [0, 0.1) is 23.7 Å². The van der Waals surface area contributed by atoms with Crippen LogP contribution >= 0.6 is 0 Å². The Bertz CT molecular complexity index is 2640. The third-order valence-electron chi connectivity index (χ3n) is 18.4. The van der Waals surface area contributed by atoms with Gasteiger partial charge in [0, 0.05) is 22.5 Å². The van der Waals surface area contributed by atoms with Gasteiger partial charge in [0.1, 0.15) is 0 Å². The average molecular weight is 826 g/mol. The second kappa shape index (κ2) is 13.6. The van der Waals surface area contributed by atoms with Gasteiger partial charge in [-0.1, -0.05) is 146 Å². The van der Waals surface area contributed by atoms with Crippen LogP contribution in [0.5, 0.6) is 0 Å². The number of anilines is 3. The van der Waals surface area contributed by atoms with E-state index in [-0.39, 0.29) is 27.1 Å². The molecule has 0 atom stereocenters. The Kier molecular flexibility index (Phi) is 8.55. The summed E-state index contributed by atoms with van der Waals surface area (Å²) in [5, 5.41) is 0. The van der Waals surface area contributed by atoms with Gasteiger partial charge in [-0.2, -0.15) is 0 Å². The predicted molar refractivity (Wildman–Crippen MR) is 266 cm³/mol. The summed E-state index contributed by atoms with van der Waals surface area (Å²) < 4.78 is 0. The summed E-state index contributed by atoms with van der Waals surface area (Å²) in [5.74, 6) is 3.40. The molecule has 0 saturated heterocycles. The first-order valence-corrected chi connectivity index (χ1v) is 24.7. The van der Waals surface area contributed by atoms with Crippen LogP contribution in [0.2, 0.25) is 0 Å². The Hall–Kier alpha value is -4.88. The summed E-state index contributed by atoms with van der Waals surface area (Å²) in [4.78, 5) is 2.52. The third-order valence-corrected chi connectivity index (χ3v) is 18.4. The van der Waals surface area contributed by atoms with Gasteiger partial charge in [-0.25, -0.2) is 0 Å². The van der Waals surface area contributed by atoms with E-state index in [1.54, 1.807) is 11.1 Å². The predicted octanol–water partition coefficient (Wildman–Crippen LogP) is 16.9. The van der Waals surface area contributed by atoms with E-state index in [0.717, 1.165) is 23.7 Å². The van der Waals surface area contributed by atoms with Gasteiger partial charge in [0.2, 0.25) is 0 Å². The number of hydrogen-bond donors (Lipinski definition) is 0. The highest BCUT2D eigenvalue weighted by atomic mass is 15.1. The van der Waals surface area contributed by atoms with Crippen LogP contribution in [0.1, 0.15) is 147 Å². The number of fused-ring (bicyclic) bond motifs is 5. The van der Waals surface area contributed by atoms with E-state index >= 15 is 0 Å². The lowest BCUT2D eigenvalue weighted by atomic mass is 9.43. The van der Waals surface area contributed by atoms with Crippen LogP contribution in [0.15, 0.2) is 127 Å². The molecule has 0 radical (unpaired) electrons. The first-order valence-electron chi connectivity index (χ1n) is 24.7. The molecule has 7 aliphatic carbocycles. The van der Waals surface area contributed by atoms with Crippen molar-refractivity contribution in [3.05, 3.63) is 161 Å². The third kappa shape index (κ3) is 5.93. The van der Waals surface area contributed by atoms with Crippen molar-refractivity contribution in [1.82, 2.24) is 0 Å². The maximum absolute atomic E-state index is 2.58. The lowest BCUT2D eigenvalue weighted by molar-refractivity contribution is -0.0399. The van der Waals surface area contributed by atoms with Gasteiger partial charge in [-0.15, -0.1) is 0 Å². The van der Waals surface area contributed by atoms with Gasteiger partial charge in [0.05, 0.1) is 0 Å². The summed E-state index contributed by atoms with van der Waals surface area (Å²) in [6.07, 6.45) is 12.0. The van der Waals surface area contributed by atoms with Crippen LogP contribution in [-0.2, 0) is 27.1 Å². The molecule has 1 spiro atoms. The van der Waals surface area contributed by atoms with Crippen molar-refractivity contribution in [3.8, 4) is 33.4 Å². The monoisotopic (exact) mass is 826 g/mol. The quantitative estimate of drug-likeness (QED) is 0.167. The van der Waals surface area contributed by atoms with Gasteiger partial charge < -0.3 is 4.90 Å². The van der Waals surface area contributed by atoms with Gasteiger partial charge in [-0.05, 0) is 206 Å². The molecule has 0 heterocycles. The van der Waals surface area contributed by atoms with Crippen LogP contribution in [-0.4, -0.2) is 0 Å². The Balaban J connectivity index is 0.963. The molecule has 0 unspecified atom stereocenters. The molecule has 4 saturated carbocycles. The lowest BCUT2D eigenvalue weighted by Crippen LogP contribution is -2.55. The Morgan fingerprint density at radius 3 is 1.24 bits per heavy atom. The first kappa shape index (κ1) is 39.7. The fourth-order valence-corrected chi connectivity index (χ4v) is 14.9. The molecule has 4 bridgehead atoms. The largest absolute Gasteiger partial charge is 0.310 e. The van der Waals surface area contributed by atoms with Gasteiger partial charge in [0.25, 0.3) is 0 Å². The zero-order valence-corrected chi connectivity index (χ0v) is 39.2. The molecule has 6 aromatic rings. The van der Waals surface area contributed by atoms with Gasteiger partial charge in [-0.3, -0.25) is 0 Å². The molecule has 63 heavy (non-hydrogen) atoms. The van der Waals surface area contributed by atoms with Crippen molar-refractivity contribution in [2.45, 2.75) is 140 Å². The molecule has 1 nitrogen and oxygen atoms in total. The summed E-state index contributed by atoms with van der Waals surface area (Å²) in [6, 6.07) is 50.7. The van der Waals surface area contributed by atoms with Crippen molar-refractivity contribution >= 4 is 17.1 Å². The van der Waals surface area contributed by atoms with E-state index in [2.05, 4.69) is 188 Å². The van der Waals surface area contributed by atoms with Crippen LogP contribution in [0.25, 0.3) is 33.4 Å². The normalized spacial score (nSPS) is 27.0.